The summed E-state index contributed by atoms with van der Waals surface area (Å²) >= 11 is 0. The lowest BCUT2D eigenvalue weighted by atomic mass is 9.84. The number of carbonyl (C=O) groups excluding carboxylic acids is 1. The van der Waals surface area contributed by atoms with Crippen molar-refractivity contribution in [3.63, 3.8) is 0 Å². The van der Waals surface area contributed by atoms with Crippen LogP contribution >= 0.6 is 0 Å². The Morgan fingerprint density at radius 2 is 1.77 bits per heavy atom. The molecule has 208 valence electrons. The number of morpholine rings is 1. The standard InChI is InChI=1S/C27H33F2N7O3/c28-24(29)25-32-20-3-1-2-4-21(20)36(25)23-15-22(33-27(34-23)35-9-11-39-12-10-35)30-17-13-18(14-17)31-26(38)16-5-7-19(37)8-6-16/h1-4,15-19,24,37H,5-14H2,(H,31,38)(H,30,33,34). The van der Waals surface area contributed by atoms with Crippen molar-refractivity contribution in [2.45, 2.75) is 63.1 Å². The van der Waals surface area contributed by atoms with Crippen LogP contribution in [0.1, 0.15) is 50.8 Å². The molecule has 1 saturated heterocycles. The molecule has 12 heteroatoms. The monoisotopic (exact) mass is 541 g/mol. The Labute approximate surface area is 224 Å². The fraction of sp³-hybridized carbons (Fsp3) is 0.556. The first-order valence-corrected chi connectivity index (χ1v) is 13.7. The number of rotatable bonds is 7. The minimum absolute atomic E-state index is 0.0325. The average molecular weight is 542 g/mol. The Balaban J connectivity index is 1.21. The highest BCUT2D eigenvalue weighted by Gasteiger charge is 2.34. The topological polar surface area (TPSA) is 117 Å². The lowest BCUT2D eigenvalue weighted by Crippen LogP contribution is -2.51. The quantitative estimate of drug-likeness (QED) is 0.418. The number of aromatic nitrogens is 4. The number of imidazole rings is 1. The molecule has 0 bridgehead atoms. The molecule has 1 aromatic carbocycles. The Bertz CT molecular complexity index is 1320. The summed E-state index contributed by atoms with van der Waals surface area (Å²) in [5.41, 5.74) is 1.02. The van der Waals surface area contributed by atoms with Gasteiger partial charge in [-0.1, -0.05) is 12.1 Å². The minimum atomic E-state index is -2.78. The molecule has 0 radical (unpaired) electrons. The first-order chi connectivity index (χ1) is 18.9. The van der Waals surface area contributed by atoms with Gasteiger partial charge in [0.1, 0.15) is 11.6 Å². The van der Waals surface area contributed by atoms with Crippen LogP contribution in [0.3, 0.4) is 0 Å². The van der Waals surface area contributed by atoms with Crippen molar-refractivity contribution in [3.8, 4) is 5.82 Å². The van der Waals surface area contributed by atoms with Crippen LogP contribution in [0.15, 0.2) is 30.3 Å². The van der Waals surface area contributed by atoms with Gasteiger partial charge in [-0.25, -0.2) is 13.8 Å². The molecule has 3 aromatic rings. The Morgan fingerprint density at radius 1 is 1.03 bits per heavy atom. The summed E-state index contributed by atoms with van der Waals surface area (Å²) in [6.45, 7) is 2.28. The van der Waals surface area contributed by atoms with Crippen LogP contribution in [0.2, 0.25) is 0 Å². The summed E-state index contributed by atoms with van der Waals surface area (Å²) < 4.78 is 35.0. The van der Waals surface area contributed by atoms with Crippen LogP contribution < -0.4 is 15.5 Å². The minimum Gasteiger partial charge on any atom is -0.393 e. The molecular formula is C27H33F2N7O3. The molecule has 10 nitrogen and oxygen atoms in total. The third-order valence-corrected chi connectivity index (χ3v) is 7.91. The van der Waals surface area contributed by atoms with Crippen LogP contribution in [0.4, 0.5) is 20.5 Å². The lowest BCUT2D eigenvalue weighted by Gasteiger charge is -2.38. The van der Waals surface area contributed by atoms with Gasteiger partial charge < -0.3 is 25.4 Å². The molecule has 0 unspecified atom stereocenters. The van der Waals surface area contributed by atoms with Gasteiger partial charge in [-0.15, -0.1) is 0 Å². The summed E-state index contributed by atoms with van der Waals surface area (Å²) in [7, 11) is 0. The smallest absolute Gasteiger partial charge is 0.296 e. The number of nitrogens with one attached hydrogen (secondary N) is 2. The van der Waals surface area contributed by atoms with E-state index in [-0.39, 0.29) is 35.8 Å². The first-order valence-electron chi connectivity index (χ1n) is 13.7. The molecule has 1 amide bonds. The van der Waals surface area contributed by atoms with E-state index in [1.165, 1.54) is 4.57 Å². The van der Waals surface area contributed by atoms with Crippen molar-refractivity contribution in [2.75, 3.05) is 36.5 Å². The molecule has 2 aromatic heterocycles. The number of amides is 1. The number of fused-ring (bicyclic) bond motifs is 1. The second-order valence-corrected chi connectivity index (χ2v) is 10.6. The van der Waals surface area contributed by atoms with E-state index in [1.54, 1.807) is 30.3 Å². The molecule has 3 heterocycles. The maximum Gasteiger partial charge on any atom is 0.296 e. The van der Waals surface area contributed by atoms with Crippen LogP contribution in [0, 0.1) is 5.92 Å². The number of hydrogen-bond acceptors (Lipinski definition) is 8. The van der Waals surface area contributed by atoms with E-state index in [0.29, 0.717) is 67.8 Å². The zero-order valence-corrected chi connectivity index (χ0v) is 21.6. The van der Waals surface area contributed by atoms with E-state index in [1.807, 2.05) is 4.90 Å². The largest absolute Gasteiger partial charge is 0.393 e. The number of carbonyl (C=O) groups is 1. The second-order valence-electron chi connectivity index (χ2n) is 10.6. The molecule has 1 aliphatic heterocycles. The van der Waals surface area contributed by atoms with Crippen LogP contribution in [-0.2, 0) is 9.53 Å². The number of aliphatic hydroxyl groups excluding tert-OH is 1. The predicted octanol–water partition coefficient (Wildman–Crippen LogP) is 3.20. The van der Waals surface area contributed by atoms with Crippen molar-refractivity contribution >= 4 is 28.7 Å². The van der Waals surface area contributed by atoms with Gasteiger partial charge in [0, 0.05) is 37.2 Å². The fourth-order valence-corrected chi connectivity index (χ4v) is 5.67. The molecule has 3 N–H and O–H groups in total. The normalized spacial score (nSPS) is 25.5. The van der Waals surface area contributed by atoms with Crippen molar-refractivity contribution in [2.24, 2.45) is 5.92 Å². The molecular weight excluding hydrogens is 508 g/mol. The number of para-hydroxylation sites is 2. The third-order valence-electron chi connectivity index (χ3n) is 7.91. The van der Waals surface area contributed by atoms with E-state index < -0.39 is 6.43 Å². The number of benzene rings is 1. The van der Waals surface area contributed by atoms with E-state index in [2.05, 4.69) is 20.6 Å². The van der Waals surface area contributed by atoms with Crippen molar-refractivity contribution in [3.05, 3.63) is 36.2 Å². The van der Waals surface area contributed by atoms with Gasteiger partial charge in [-0.05, 0) is 50.7 Å². The number of nitrogens with zero attached hydrogens (tertiary/aromatic N) is 5. The van der Waals surface area contributed by atoms with Crippen molar-refractivity contribution in [1.29, 1.82) is 0 Å². The number of ether oxygens (including phenoxy) is 1. The Morgan fingerprint density at radius 3 is 2.51 bits per heavy atom. The van der Waals surface area contributed by atoms with Gasteiger partial charge in [0.15, 0.2) is 5.82 Å². The van der Waals surface area contributed by atoms with E-state index in [4.69, 9.17) is 9.72 Å². The maximum absolute atomic E-state index is 14.1. The summed E-state index contributed by atoms with van der Waals surface area (Å²) in [4.78, 5) is 28.2. The van der Waals surface area contributed by atoms with E-state index in [9.17, 15) is 18.7 Å². The van der Waals surface area contributed by atoms with Gasteiger partial charge in [-0.2, -0.15) is 9.97 Å². The molecule has 39 heavy (non-hydrogen) atoms. The molecule has 6 rings (SSSR count). The van der Waals surface area contributed by atoms with Gasteiger partial charge in [0.25, 0.3) is 6.43 Å². The molecule has 0 spiro atoms. The highest BCUT2D eigenvalue weighted by atomic mass is 19.3. The molecule has 3 fully saturated rings. The van der Waals surface area contributed by atoms with Crippen LogP contribution in [0.25, 0.3) is 16.9 Å². The van der Waals surface area contributed by atoms with Gasteiger partial charge in [0.05, 0.1) is 30.4 Å². The number of halogens is 2. The summed E-state index contributed by atoms with van der Waals surface area (Å²) in [5.74, 6) is 0.971. The lowest BCUT2D eigenvalue weighted by molar-refractivity contribution is -0.127. The van der Waals surface area contributed by atoms with Gasteiger partial charge in [0.2, 0.25) is 11.9 Å². The zero-order valence-electron chi connectivity index (χ0n) is 21.6. The van der Waals surface area contributed by atoms with Gasteiger partial charge in [-0.3, -0.25) is 9.36 Å². The van der Waals surface area contributed by atoms with Crippen LogP contribution in [0.5, 0.6) is 0 Å². The summed E-state index contributed by atoms with van der Waals surface area (Å²) in [5, 5.41) is 16.3. The predicted molar refractivity (Wildman–Crippen MR) is 141 cm³/mol. The highest BCUT2D eigenvalue weighted by Crippen LogP contribution is 2.31. The van der Waals surface area contributed by atoms with Crippen molar-refractivity contribution in [1.82, 2.24) is 24.8 Å². The Hall–Kier alpha value is -3.38. The molecule has 2 saturated carbocycles. The SMILES string of the molecule is O=C(NC1CC(Nc2cc(-n3c(C(F)F)nc4ccccc43)nc(N3CCOCC3)n2)C1)C1CCC(O)CC1. The highest BCUT2D eigenvalue weighted by molar-refractivity contribution is 5.79. The molecule has 0 atom stereocenters. The van der Waals surface area contributed by atoms with Crippen molar-refractivity contribution < 1.29 is 23.4 Å². The third kappa shape index (κ3) is 5.53. The van der Waals surface area contributed by atoms with Crippen LogP contribution in [-0.4, -0.2) is 75.0 Å². The average Bonchev–Trinajstić information content (AvgIpc) is 3.33. The fourth-order valence-electron chi connectivity index (χ4n) is 5.67. The summed E-state index contributed by atoms with van der Waals surface area (Å²) in [6.07, 6.45) is 1.20. The first kappa shape index (κ1) is 25.9. The number of alkyl halides is 2. The molecule has 3 aliphatic rings. The maximum atomic E-state index is 14.1. The van der Waals surface area contributed by atoms with Gasteiger partial charge >= 0.3 is 0 Å². The van der Waals surface area contributed by atoms with E-state index in [0.717, 1.165) is 25.7 Å². The summed E-state index contributed by atoms with van der Waals surface area (Å²) in [6, 6.07) is 8.86. The number of hydrogen-bond donors (Lipinski definition) is 3. The molecule has 2 aliphatic carbocycles. The zero-order chi connectivity index (χ0) is 26.9. The number of aliphatic hydroxyl groups is 1. The number of anilines is 2. The van der Waals surface area contributed by atoms with E-state index >= 15 is 0 Å². The second kappa shape index (κ2) is 11.0. The Kier molecular flexibility index (Phi) is 7.30.